The first kappa shape index (κ1) is 18.6. The van der Waals surface area contributed by atoms with Crippen molar-refractivity contribution in [2.24, 2.45) is 0 Å². The lowest BCUT2D eigenvalue weighted by Gasteiger charge is -2.44. The molecule has 138 valence electrons. The number of nitrogens with zero attached hydrogens (tertiary/aromatic N) is 4. The molecule has 1 aliphatic heterocycles. The van der Waals surface area contributed by atoms with Crippen molar-refractivity contribution in [2.45, 2.75) is 26.8 Å². The van der Waals surface area contributed by atoms with E-state index in [2.05, 4.69) is 25.1 Å². The van der Waals surface area contributed by atoms with E-state index in [0.717, 1.165) is 41.7 Å². The zero-order chi connectivity index (χ0) is 18.8. The lowest BCUT2D eigenvalue weighted by molar-refractivity contribution is -0.117. The number of amides is 1. The Labute approximate surface area is 159 Å². The van der Waals surface area contributed by atoms with Crippen LogP contribution in [0.4, 0.5) is 11.5 Å². The van der Waals surface area contributed by atoms with E-state index in [1.54, 1.807) is 0 Å². The highest BCUT2D eigenvalue weighted by Crippen LogP contribution is 2.24. The Kier molecular flexibility index (Phi) is 5.44. The number of aryl methyl sites for hydroxylation is 2. The van der Waals surface area contributed by atoms with Gasteiger partial charge in [-0.25, -0.2) is 9.97 Å². The summed E-state index contributed by atoms with van der Waals surface area (Å²) in [5, 5.41) is 3.60. The van der Waals surface area contributed by atoms with Crippen LogP contribution >= 0.6 is 11.6 Å². The summed E-state index contributed by atoms with van der Waals surface area (Å²) < 4.78 is 0. The van der Waals surface area contributed by atoms with Crippen LogP contribution < -0.4 is 10.2 Å². The van der Waals surface area contributed by atoms with Gasteiger partial charge >= 0.3 is 0 Å². The molecule has 7 heteroatoms. The number of halogens is 1. The molecule has 1 saturated heterocycles. The number of anilines is 2. The van der Waals surface area contributed by atoms with Crippen LogP contribution in [-0.4, -0.2) is 53.5 Å². The number of rotatable bonds is 5. The van der Waals surface area contributed by atoms with E-state index >= 15 is 0 Å². The lowest BCUT2D eigenvalue weighted by atomic mass is 10.1. The van der Waals surface area contributed by atoms with Crippen LogP contribution in [0.3, 0.4) is 0 Å². The van der Waals surface area contributed by atoms with Gasteiger partial charge in [-0.15, -0.1) is 0 Å². The lowest BCUT2D eigenvalue weighted by Crippen LogP contribution is -2.59. The first-order valence-electron chi connectivity index (χ1n) is 8.66. The van der Waals surface area contributed by atoms with Crippen molar-refractivity contribution in [3.63, 3.8) is 0 Å². The maximum Gasteiger partial charge on any atom is 0.238 e. The number of hydrogen-bond acceptors (Lipinski definition) is 5. The second-order valence-electron chi connectivity index (χ2n) is 6.85. The smallest absolute Gasteiger partial charge is 0.238 e. The molecule has 0 saturated carbocycles. The van der Waals surface area contributed by atoms with Crippen molar-refractivity contribution in [1.82, 2.24) is 14.9 Å². The highest BCUT2D eigenvalue weighted by molar-refractivity contribution is 6.31. The van der Waals surface area contributed by atoms with Gasteiger partial charge in [-0.1, -0.05) is 17.7 Å². The molecular weight excluding hydrogens is 350 g/mol. The molecule has 2 aromatic rings. The van der Waals surface area contributed by atoms with Gasteiger partial charge in [-0.05, 0) is 45.5 Å². The van der Waals surface area contributed by atoms with E-state index in [9.17, 15) is 4.79 Å². The third-order valence-corrected chi connectivity index (χ3v) is 5.11. The van der Waals surface area contributed by atoms with Crippen molar-refractivity contribution in [3.8, 4) is 0 Å². The van der Waals surface area contributed by atoms with Gasteiger partial charge in [0, 0.05) is 41.6 Å². The van der Waals surface area contributed by atoms with E-state index in [1.807, 2.05) is 52.1 Å². The second-order valence-corrected chi connectivity index (χ2v) is 7.26. The van der Waals surface area contributed by atoms with Gasteiger partial charge in [-0.3, -0.25) is 9.69 Å². The Balaban J connectivity index is 1.52. The number of carbonyl (C=O) groups is 1. The number of hydrogen-bond donors (Lipinski definition) is 1. The summed E-state index contributed by atoms with van der Waals surface area (Å²) in [4.78, 5) is 25.4. The second kappa shape index (κ2) is 7.60. The molecule has 1 amide bonds. The maximum atomic E-state index is 12.3. The van der Waals surface area contributed by atoms with Crippen LogP contribution in [0.2, 0.25) is 5.02 Å². The predicted octanol–water partition coefficient (Wildman–Crippen LogP) is 2.81. The van der Waals surface area contributed by atoms with Crippen molar-refractivity contribution in [2.75, 3.05) is 36.9 Å². The van der Waals surface area contributed by atoms with E-state index in [-0.39, 0.29) is 5.91 Å². The minimum absolute atomic E-state index is 0.0370. The molecule has 3 rings (SSSR count). The number of benzene rings is 1. The molecule has 1 aliphatic rings. The Hall–Kier alpha value is -2.18. The molecule has 26 heavy (non-hydrogen) atoms. The van der Waals surface area contributed by atoms with Crippen LogP contribution in [0.5, 0.6) is 0 Å². The average Bonchev–Trinajstić information content (AvgIpc) is 2.49. The number of likely N-dealkylation sites (N-methyl/N-ethyl adjacent to an activating group) is 1. The highest BCUT2D eigenvalue weighted by Gasteiger charge is 2.32. The maximum absolute atomic E-state index is 12.3. The Bertz CT molecular complexity index is 799. The van der Waals surface area contributed by atoms with Gasteiger partial charge < -0.3 is 10.2 Å². The zero-order valence-electron chi connectivity index (χ0n) is 15.6. The molecule has 0 aliphatic carbocycles. The van der Waals surface area contributed by atoms with Gasteiger partial charge in [0.15, 0.2) is 0 Å². The van der Waals surface area contributed by atoms with Crippen molar-refractivity contribution in [3.05, 3.63) is 46.4 Å². The summed E-state index contributed by atoms with van der Waals surface area (Å²) >= 11 is 6.10. The molecule has 1 N–H and O–H groups in total. The third-order valence-electron chi connectivity index (χ3n) is 4.70. The minimum atomic E-state index is -0.0370. The standard InChI is InChI=1S/C19H24ClN5O/c1-12-8-18(22-14(3)21-12)25-9-15(10-25)24(4)11-19(26)23-17-7-5-6-16(20)13(17)2/h5-8,15H,9-11H2,1-4H3,(H,23,26). The molecule has 0 unspecified atom stereocenters. The molecule has 1 aromatic heterocycles. The van der Waals surface area contributed by atoms with E-state index in [1.165, 1.54) is 0 Å². The molecule has 0 atom stereocenters. The summed E-state index contributed by atoms with van der Waals surface area (Å²) in [5.41, 5.74) is 2.62. The average molecular weight is 374 g/mol. The monoisotopic (exact) mass is 373 g/mol. The summed E-state index contributed by atoms with van der Waals surface area (Å²) in [6, 6.07) is 7.85. The Morgan fingerprint density at radius 2 is 2.04 bits per heavy atom. The predicted molar refractivity (Wildman–Crippen MR) is 105 cm³/mol. The van der Waals surface area contributed by atoms with Crippen LogP contribution in [0.15, 0.2) is 24.3 Å². The molecule has 2 heterocycles. The zero-order valence-corrected chi connectivity index (χ0v) is 16.3. The summed E-state index contributed by atoms with van der Waals surface area (Å²) in [5.74, 6) is 1.71. The van der Waals surface area contributed by atoms with Gasteiger partial charge in [0.25, 0.3) is 0 Å². The van der Waals surface area contributed by atoms with Crippen LogP contribution in [0.25, 0.3) is 0 Å². The Morgan fingerprint density at radius 3 is 2.73 bits per heavy atom. The molecule has 0 spiro atoms. The highest BCUT2D eigenvalue weighted by atomic mass is 35.5. The van der Waals surface area contributed by atoms with Crippen LogP contribution in [0, 0.1) is 20.8 Å². The number of aromatic nitrogens is 2. The molecule has 0 bridgehead atoms. The van der Waals surface area contributed by atoms with E-state index in [0.29, 0.717) is 17.6 Å². The molecule has 1 aromatic carbocycles. The van der Waals surface area contributed by atoms with Crippen molar-refractivity contribution < 1.29 is 4.79 Å². The van der Waals surface area contributed by atoms with Gasteiger partial charge in [0.05, 0.1) is 6.54 Å². The number of nitrogens with one attached hydrogen (secondary N) is 1. The van der Waals surface area contributed by atoms with Gasteiger partial charge in [0.2, 0.25) is 5.91 Å². The fourth-order valence-electron chi connectivity index (χ4n) is 3.07. The first-order chi connectivity index (χ1) is 12.3. The van der Waals surface area contributed by atoms with Crippen LogP contribution in [-0.2, 0) is 4.79 Å². The first-order valence-corrected chi connectivity index (χ1v) is 9.03. The SMILES string of the molecule is Cc1cc(N2CC(N(C)CC(=O)Nc3cccc(Cl)c3C)C2)nc(C)n1. The minimum Gasteiger partial charge on any atom is -0.353 e. The summed E-state index contributed by atoms with van der Waals surface area (Å²) in [6.07, 6.45) is 0. The largest absolute Gasteiger partial charge is 0.353 e. The third kappa shape index (κ3) is 4.14. The fourth-order valence-corrected chi connectivity index (χ4v) is 3.24. The molecule has 0 radical (unpaired) electrons. The van der Waals surface area contributed by atoms with Crippen molar-refractivity contribution >= 4 is 29.0 Å². The summed E-state index contributed by atoms with van der Waals surface area (Å²) in [7, 11) is 1.98. The molecular formula is C19H24ClN5O. The normalized spacial score (nSPS) is 14.5. The van der Waals surface area contributed by atoms with E-state index in [4.69, 9.17) is 11.6 Å². The van der Waals surface area contributed by atoms with Crippen molar-refractivity contribution in [1.29, 1.82) is 0 Å². The van der Waals surface area contributed by atoms with E-state index < -0.39 is 0 Å². The number of carbonyl (C=O) groups excluding carboxylic acids is 1. The quantitative estimate of drug-likeness (QED) is 0.873. The van der Waals surface area contributed by atoms with Gasteiger partial charge in [0.1, 0.15) is 11.6 Å². The Morgan fingerprint density at radius 1 is 1.31 bits per heavy atom. The van der Waals surface area contributed by atoms with Gasteiger partial charge in [-0.2, -0.15) is 0 Å². The fraction of sp³-hybridized carbons (Fsp3) is 0.421. The molecule has 6 nitrogen and oxygen atoms in total. The summed E-state index contributed by atoms with van der Waals surface area (Å²) in [6.45, 7) is 7.83. The van der Waals surface area contributed by atoms with Crippen LogP contribution in [0.1, 0.15) is 17.1 Å². The topological polar surface area (TPSA) is 61.4 Å². The molecule has 1 fully saturated rings.